The number of halogens is 7. The minimum atomic E-state index is -4.62. The Morgan fingerprint density at radius 3 is 2.39 bits per heavy atom. The molecule has 12 heteroatoms. The van der Waals surface area contributed by atoms with E-state index >= 15 is 0 Å². The van der Waals surface area contributed by atoms with E-state index in [1.54, 1.807) is 13.8 Å². The van der Waals surface area contributed by atoms with Gasteiger partial charge in [-0.2, -0.15) is 26.3 Å². The number of nitrogens with one attached hydrogen (secondary N) is 1. The molecule has 0 amide bonds. The van der Waals surface area contributed by atoms with Gasteiger partial charge in [0.15, 0.2) is 0 Å². The van der Waals surface area contributed by atoms with Crippen LogP contribution in [0.1, 0.15) is 64.5 Å². The predicted molar refractivity (Wildman–Crippen MR) is 129 cm³/mol. The van der Waals surface area contributed by atoms with Gasteiger partial charge in [-0.25, -0.2) is 4.98 Å². The van der Waals surface area contributed by atoms with Crippen molar-refractivity contribution in [3.63, 3.8) is 0 Å². The fourth-order valence-electron chi connectivity index (χ4n) is 6.71. The lowest BCUT2D eigenvalue weighted by atomic mass is 9.29. The van der Waals surface area contributed by atoms with Crippen LogP contribution in [0.4, 0.5) is 26.3 Å². The van der Waals surface area contributed by atoms with Crippen LogP contribution in [0.5, 0.6) is 5.75 Å². The van der Waals surface area contributed by atoms with E-state index in [1.165, 1.54) is 10.9 Å². The zero-order chi connectivity index (χ0) is 26.5. The Hall–Kier alpha value is -1.28. The van der Waals surface area contributed by atoms with Crippen LogP contribution in [0.2, 0.25) is 0 Å². The molecule has 1 aromatic carbocycles. The fraction of sp³-hybridized carbons (Fsp3) is 0.708. The maximum Gasteiger partial charge on any atom is 0.418 e. The van der Waals surface area contributed by atoms with Gasteiger partial charge < -0.3 is 19.7 Å². The van der Waals surface area contributed by atoms with Gasteiger partial charge in [-0.1, -0.05) is 0 Å². The molecule has 3 saturated carbocycles. The van der Waals surface area contributed by atoms with Crippen LogP contribution in [0.15, 0.2) is 12.4 Å². The average Bonchev–Trinajstić information content (AvgIpc) is 3.07. The normalized spacial score (nSPS) is 34.6. The lowest BCUT2D eigenvalue weighted by Crippen LogP contribution is -2.78. The Balaban J connectivity index is 1.37. The molecule has 3 aliphatic carbocycles. The molecule has 2 N–H and O–H groups in total. The zero-order valence-electron chi connectivity index (χ0n) is 20.0. The number of nitrogens with zero attached hydrogens (tertiary/aromatic N) is 2. The van der Waals surface area contributed by atoms with Crippen molar-refractivity contribution in [3.8, 4) is 5.75 Å². The maximum atomic E-state index is 14.0. The van der Waals surface area contributed by atoms with E-state index in [2.05, 4.69) is 10.3 Å². The van der Waals surface area contributed by atoms with E-state index in [9.17, 15) is 31.4 Å². The molecule has 2 heterocycles. The number of piperidine rings is 1. The lowest BCUT2D eigenvalue weighted by molar-refractivity contribution is -0.403. The van der Waals surface area contributed by atoms with E-state index in [1.807, 2.05) is 29.5 Å². The Kier molecular flexibility index (Phi) is 5.93. The maximum absolute atomic E-state index is 14.0. The number of rotatable bonds is 5. The van der Waals surface area contributed by atoms with Crippen LogP contribution in [-0.4, -0.2) is 45.1 Å². The molecule has 2 bridgehead atoms. The predicted octanol–water partition coefficient (Wildman–Crippen LogP) is 6.22. The molecule has 6 rings (SSSR count). The first-order chi connectivity index (χ1) is 16.5. The van der Waals surface area contributed by atoms with Crippen molar-refractivity contribution in [2.75, 3.05) is 6.61 Å². The molecule has 1 aromatic heterocycles. The third-order valence-electron chi connectivity index (χ3n) is 8.42. The van der Waals surface area contributed by atoms with Gasteiger partial charge >= 0.3 is 12.4 Å². The van der Waals surface area contributed by atoms with Gasteiger partial charge in [0, 0.05) is 23.5 Å². The quantitative estimate of drug-likeness (QED) is 0.304. The van der Waals surface area contributed by atoms with Crippen LogP contribution in [0, 0.1) is 14.4 Å². The van der Waals surface area contributed by atoms with E-state index in [4.69, 9.17) is 4.74 Å². The minimum Gasteiger partial charge on any atom is -0.491 e. The molecule has 3 unspecified atom stereocenters. The molecule has 4 fully saturated rings. The summed E-state index contributed by atoms with van der Waals surface area (Å²) in [6.45, 7) is 5.37. The summed E-state index contributed by atoms with van der Waals surface area (Å²) in [5, 5.41) is 14.8. The van der Waals surface area contributed by atoms with Crippen molar-refractivity contribution in [1.29, 1.82) is 0 Å². The van der Waals surface area contributed by atoms with Gasteiger partial charge in [-0.15, -0.1) is 0 Å². The van der Waals surface area contributed by atoms with Crippen LogP contribution in [0.3, 0.4) is 0 Å². The van der Waals surface area contributed by atoms with Gasteiger partial charge in [0.2, 0.25) is 0 Å². The number of hydrogen-bond donors (Lipinski definition) is 2. The summed E-state index contributed by atoms with van der Waals surface area (Å²) in [7, 11) is 0. The lowest BCUT2D eigenvalue weighted by Gasteiger charge is -2.76. The van der Waals surface area contributed by atoms with Gasteiger partial charge in [0.25, 0.3) is 0 Å². The molecule has 1 aliphatic heterocycles. The topological polar surface area (TPSA) is 59.3 Å². The highest BCUT2D eigenvalue weighted by atomic mass is 127. The smallest absolute Gasteiger partial charge is 0.418 e. The summed E-state index contributed by atoms with van der Waals surface area (Å²) >= 11 is 1.92. The monoisotopic (exact) mass is 631 g/mol. The third kappa shape index (κ3) is 3.83. The summed E-state index contributed by atoms with van der Waals surface area (Å²) in [5.41, 5.74) is -4.34. The van der Waals surface area contributed by atoms with E-state index < -0.39 is 40.4 Å². The summed E-state index contributed by atoms with van der Waals surface area (Å²) in [6.07, 6.45) is -7.19. The van der Waals surface area contributed by atoms with Crippen molar-refractivity contribution < 1.29 is 36.2 Å². The summed E-state index contributed by atoms with van der Waals surface area (Å²) in [6, 6.07) is 0.154. The molecular formula is C24H28F6IN3O2. The van der Waals surface area contributed by atoms with Crippen LogP contribution >= 0.6 is 22.6 Å². The summed E-state index contributed by atoms with van der Waals surface area (Å²) in [5.74, 6) is 0.0366. The van der Waals surface area contributed by atoms with Gasteiger partial charge in [0.05, 0.1) is 32.0 Å². The first kappa shape index (κ1) is 26.3. The highest BCUT2D eigenvalue weighted by Gasteiger charge is 2.83. The Labute approximate surface area is 218 Å². The molecule has 1 saturated heterocycles. The van der Waals surface area contributed by atoms with E-state index in [0.29, 0.717) is 9.99 Å². The minimum absolute atomic E-state index is 0.00439. The molecule has 0 radical (unpaired) electrons. The second kappa shape index (κ2) is 8.11. The van der Waals surface area contributed by atoms with Crippen molar-refractivity contribution >= 4 is 33.6 Å². The molecule has 36 heavy (non-hydrogen) atoms. The molecule has 0 spiro atoms. The number of aromatic nitrogens is 2. The van der Waals surface area contributed by atoms with Crippen molar-refractivity contribution in [3.05, 3.63) is 21.5 Å². The Morgan fingerprint density at radius 2 is 1.83 bits per heavy atom. The standard InChI is InChI=1S/C24H28F6IN3O2/c1-12(2)34-11-32-18-17(31)16(4-15(19(18)34)23(25,26)27)36-7-14-6-22(35,5-13(3)33-14)20-8-21(9-20,10-20)24(28,29)30/h4,11-14,33,35H,5-10H2,1-3H3. The first-order valence-electron chi connectivity index (χ1n) is 12.0. The molecule has 4 aliphatic rings. The number of fused-ring (bicyclic) bond motifs is 1. The van der Waals surface area contributed by atoms with Gasteiger partial charge in [0.1, 0.15) is 17.9 Å². The van der Waals surface area contributed by atoms with Gasteiger partial charge in [-0.3, -0.25) is 0 Å². The average molecular weight is 631 g/mol. The van der Waals surface area contributed by atoms with E-state index in [0.717, 1.165) is 6.07 Å². The second-order valence-corrected chi connectivity index (χ2v) is 12.4. The Morgan fingerprint density at radius 1 is 1.19 bits per heavy atom. The number of alkyl halides is 6. The van der Waals surface area contributed by atoms with Crippen LogP contribution in [-0.2, 0) is 6.18 Å². The highest BCUT2D eigenvalue weighted by Crippen LogP contribution is 2.82. The molecule has 200 valence electrons. The molecule has 5 nitrogen and oxygen atoms in total. The fourth-order valence-corrected chi connectivity index (χ4v) is 7.42. The summed E-state index contributed by atoms with van der Waals surface area (Å²) < 4.78 is 89.8. The zero-order valence-corrected chi connectivity index (χ0v) is 22.2. The number of aliphatic hydroxyl groups is 1. The largest absolute Gasteiger partial charge is 0.491 e. The summed E-state index contributed by atoms with van der Waals surface area (Å²) in [4.78, 5) is 4.21. The molecule has 2 aromatic rings. The molecule has 3 atom stereocenters. The Bertz CT molecular complexity index is 1170. The van der Waals surface area contributed by atoms with Crippen molar-refractivity contribution in [1.82, 2.24) is 14.9 Å². The number of ether oxygens (including phenoxy) is 1. The number of imidazole rings is 1. The van der Waals surface area contributed by atoms with Gasteiger partial charge in [-0.05, 0) is 81.5 Å². The van der Waals surface area contributed by atoms with Crippen molar-refractivity contribution in [2.45, 2.75) is 89.0 Å². The van der Waals surface area contributed by atoms with Crippen molar-refractivity contribution in [2.24, 2.45) is 10.8 Å². The molecular weight excluding hydrogens is 603 g/mol. The highest BCUT2D eigenvalue weighted by molar-refractivity contribution is 14.1. The first-order valence-corrected chi connectivity index (χ1v) is 13.0. The van der Waals surface area contributed by atoms with Crippen LogP contribution < -0.4 is 10.1 Å². The van der Waals surface area contributed by atoms with E-state index in [-0.39, 0.29) is 61.2 Å². The number of benzene rings is 1. The third-order valence-corrected chi connectivity index (χ3v) is 9.46. The van der Waals surface area contributed by atoms with Crippen LogP contribution in [0.25, 0.3) is 11.0 Å². The number of hydrogen-bond acceptors (Lipinski definition) is 4. The SMILES string of the molecule is CC1CC(O)(C23CC(C(F)(F)F)(C2)C3)CC(COc2cc(C(F)(F)F)c3c(ncn3C(C)C)c2I)N1. The second-order valence-electron chi connectivity index (χ2n) is 11.3.